The van der Waals surface area contributed by atoms with Crippen molar-refractivity contribution in [1.29, 1.82) is 0 Å². The normalized spacial score (nSPS) is 12.0. The number of aromatic nitrogens is 2. The number of hydrogen-bond donors (Lipinski definition) is 2. The molecule has 1 amide bonds. The number of thiazole rings is 1. The molecule has 2 N–H and O–H groups in total. The predicted octanol–water partition coefficient (Wildman–Crippen LogP) is 4.64. The second kappa shape index (κ2) is 6.32. The Balaban J connectivity index is 1.75. The first-order valence-corrected chi connectivity index (χ1v) is 9.95. The van der Waals surface area contributed by atoms with E-state index in [1.807, 2.05) is 24.7 Å². The standard InChI is InChI=1S/C21H18N4OS/c1-2-16(26)22-9-8-14-18-17-13(12-5-3-4-6-15(12)25-18)7-10-23-20(17)21-19(14)24-11-27-21/h3-7,10-11,25H,2,8-9H2,1H3,(H,22,26). The molecule has 1 aliphatic heterocycles. The summed E-state index contributed by atoms with van der Waals surface area (Å²) in [7, 11) is 0. The summed E-state index contributed by atoms with van der Waals surface area (Å²) in [6.45, 7) is 2.46. The first-order valence-electron chi connectivity index (χ1n) is 9.07. The van der Waals surface area contributed by atoms with Crippen LogP contribution < -0.4 is 10.6 Å². The lowest BCUT2D eigenvalue weighted by Gasteiger charge is -2.25. The minimum atomic E-state index is 0.0691. The third kappa shape index (κ3) is 2.48. The van der Waals surface area contributed by atoms with Gasteiger partial charge in [0.25, 0.3) is 0 Å². The van der Waals surface area contributed by atoms with Crippen molar-refractivity contribution in [3.05, 3.63) is 47.6 Å². The van der Waals surface area contributed by atoms with E-state index in [9.17, 15) is 4.79 Å². The lowest BCUT2D eigenvalue weighted by Crippen LogP contribution is -2.25. The number of hydrogen-bond acceptors (Lipinski definition) is 5. The first-order chi connectivity index (χ1) is 13.3. The van der Waals surface area contributed by atoms with E-state index < -0.39 is 0 Å². The van der Waals surface area contributed by atoms with Gasteiger partial charge in [-0.25, -0.2) is 4.98 Å². The summed E-state index contributed by atoms with van der Waals surface area (Å²) in [5, 5.41) is 7.74. The van der Waals surface area contributed by atoms with Gasteiger partial charge >= 0.3 is 0 Å². The van der Waals surface area contributed by atoms with Crippen molar-refractivity contribution in [3.8, 4) is 11.1 Å². The number of nitrogens with one attached hydrogen (secondary N) is 2. The molecule has 0 bridgehead atoms. The average molecular weight is 374 g/mol. The third-order valence-electron chi connectivity index (χ3n) is 5.07. The number of carbonyl (C=O) groups excluding carboxylic acids is 1. The zero-order valence-electron chi connectivity index (χ0n) is 14.9. The first kappa shape index (κ1) is 16.2. The molecule has 4 aromatic rings. The molecule has 0 spiro atoms. The van der Waals surface area contributed by atoms with Crippen molar-refractivity contribution >= 4 is 49.7 Å². The van der Waals surface area contributed by atoms with Gasteiger partial charge < -0.3 is 10.6 Å². The highest BCUT2D eigenvalue weighted by Gasteiger charge is 2.24. The highest BCUT2D eigenvalue weighted by atomic mass is 32.1. The van der Waals surface area contributed by atoms with Gasteiger partial charge in [0.15, 0.2) is 0 Å². The smallest absolute Gasteiger partial charge is 0.219 e. The van der Waals surface area contributed by atoms with Crippen LogP contribution in [0.5, 0.6) is 0 Å². The molecule has 2 aromatic carbocycles. The number of amides is 1. The molecule has 134 valence electrons. The summed E-state index contributed by atoms with van der Waals surface area (Å²) < 4.78 is 1.11. The topological polar surface area (TPSA) is 66.9 Å². The van der Waals surface area contributed by atoms with E-state index in [4.69, 9.17) is 0 Å². The summed E-state index contributed by atoms with van der Waals surface area (Å²) in [5.41, 5.74) is 9.51. The molecule has 0 saturated carbocycles. The molecular formula is C21H18N4OS. The molecule has 3 heterocycles. The van der Waals surface area contributed by atoms with Crippen LogP contribution in [0.4, 0.5) is 11.4 Å². The molecule has 6 heteroatoms. The Morgan fingerprint density at radius 3 is 2.93 bits per heavy atom. The third-order valence-corrected chi connectivity index (χ3v) is 5.90. The molecule has 0 aliphatic carbocycles. The van der Waals surface area contributed by atoms with E-state index in [0.29, 0.717) is 13.0 Å². The molecule has 0 radical (unpaired) electrons. The van der Waals surface area contributed by atoms with Crippen molar-refractivity contribution in [2.24, 2.45) is 0 Å². The van der Waals surface area contributed by atoms with Crippen LogP contribution in [0.3, 0.4) is 0 Å². The molecule has 27 heavy (non-hydrogen) atoms. The summed E-state index contributed by atoms with van der Waals surface area (Å²) in [6, 6.07) is 10.4. The van der Waals surface area contributed by atoms with Crippen molar-refractivity contribution in [2.45, 2.75) is 19.8 Å². The van der Waals surface area contributed by atoms with Crippen LogP contribution in [0.25, 0.3) is 32.2 Å². The quantitative estimate of drug-likeness (QED) is 0.481. The molecule has 0 saturated heterocycles. The summed E-state index contributed by atoms with van der Waals surface area (Å²) in [6.07, 6.45) is 3.10. The van der Waals surface area contributed by atoms with Crippen molar-refractivity contribution in [1.82, 2.24) is 15.3 Å². The Hall–Kier alpha value is -2.99. The maximum Gasteiger partial charge on any atom is 0.219 e. The van der Waals surface area contributed by atoms with Crippen LogP contribution in [0.2, 0.25) is 0 Å². The van der Waals surface area contributed by atoms with Gasteiger partial charge in [0.1, 0.15) is 0 Å². The fourth-order valence-electron chi connectivity index (χ4n) is 3.80. The Kier molecular flexibility index (Phi) is 3.79. The molecule has 0 unspecified atom stereocenters. The Bertz CT molecular complexity index is 1200. The predicted molar refractivity (Wildman–Crippen MR) is 111 cm³/mol. The lowest BCUT2D eigenvalue weighted by atomic mass is 9.91. The molecule has 0 atom stereocenters. The molecular weight excluding hydrogens is 356 g/mol. The number of fused-ring (bicyclic) bond motifs is 4. The van der Waals surface area contributed by atoms with Crippen LogP contribution in [-0.4, -0.2) is 22.4 Å². The van der Waals surface area contributed by atoms with Gasteiger partial charge in [-0.1, -0.05) is 25.1 Å². The number of pyridine rings is 1. The molecule has 2 aromatic heterocycles. The number of anilines is 2. The van der Waals surface area contributed by atoms with Crippen LogP contribution >= 0.6 is 11.3 Å². The molecule has 0 fully saturated rings. The highest BCUT2D eigenvalue weighted by molar-refractivity contribution is 7.17. The maximum atomic E-state index is 11.7. The second-order valence-corrected chi connectivity index (χ2v) is 7.44. The Morgan fingerprint density at radius 2 is 2.04 bits per heavy atom. The Morgan fingerprint density at radius 1 is 1.15 bits per heavy atom. The van der Waals surface area contributed by atoms with E-state index >= 15 is 0 Å². The van der Waals surface area contributed by atoms with E-state index in [1.165, 1.54) is 11.1 Å². The van der Waals surface area contributed by atoms with Gasteiger partial charge in [-0.05, 0) is 24.1 Å². The van der Waals surface area contributed by atoms with Gasteiger partial charge in [-0.3, -0.25) is 9.78 Å². The van der Waals surface area contributed by atoms with Crippen LogP contribution in [0.15, 0.2) is 42.0 Å². The van der Waals surface area contributed by atoms with E-state index in [-0.39, 0.29) is 5.91 Å². The fraction of sp³-hybridized carbons (Fsp3) is 0.190. The minimum absolute atomic E-state index is 0.0691. The second-order valence-electron chi connectivity index (χ2n) is 6.59. The lowest BCUT2D eigenvalue weighted by molar-refractivity contribution is -0.120. The van der Waals surface area contributed by atoms with Crippen molar-refractivity contribution in [2.75, 3.05) is 11.9 Å². The van der Waals surface area contributed by atoms with Crippen LogP contribution in [-0.2, 0) is 11.2 Å². The van der Waals surface area contributed by atoms with Gasteiger partial charge in [0.2, 0.25) is 5.91 Å². The number of para-hydroxylation sites is 1. The zero-order chi connectivity index (χ0) is 18.4. The number of rotatable bonds is 4. The maximum absolute atomic E-state index is 11.7. The molecule has 5 rings (SSSR count). The van der Waals surface area contributed by atoms with Crippen LogP contribution in [0.1, 0.15) is 18.9 Å². The largest absolute Gasteiger partial charge is 0.356 e. The van der Waals surface area contributed by atoms with Crippen molar-refractivity contribution in [3.63, 3.8) is 0 Å². The van der Waals surface area contributed by atoms with Gasteiger partial charge in [0, 0.05) is 41.4 Å². The summed E-state index contributed by atoms with van der Waals surface area (Å²) in [5.74, 6) is 0.0691. The van der Waals surface area contributed by atoms with Gasteiger partial charge in [-0.15, -0.1) is 11.3 Å². The van der Waals surface area contributed by atoms with Gasteiger partial charge in [0.05, 0.1) is 26.9 Å². The van der Waals surface area contributed by atoms with E-state index in [2.05, 4.69) is 44.9 Å². The van der Waals surface area contributed by atoms with Crippen molar-refractivity contribution < 1.29 is 4.79 Å². The van der Waals surface area contributed by atoms with Crippen LogP contribution in [0, 0.1) is 0 Å². The molecule has 1 aliphatic rings. The average Bonchev–Trinajstić information content (AvgIpc) is 3.20. The monoisotopic (exact) mass is 374 g/mol. The fourth-order valence-corrected chi connectivity index (χ4v) is 4.62. The SMILES string of the molecule is CCC(=O)NCCc1c2c3c(ccnc3c3scnc13)-c1ccccc1N2. The summed E-state index contributed by atoms with van der Waals surface area (Å²) >= 11 is 1.62. The number of nitrogens with zero attached hydrogens (tertiary/aromatic N) is 2. The number of benzene rings is 2. The van der Waals surface area contributed by atoms with E-state index in [0.717, 1.165) is 44.5 Å². The molecule has 5 nitrogen and oxygen atoms in total. The van der Waals surface area contributed by atoms with E-state index in [1.54, 1.807) is 11.3 Å². The zero-order valence-corrected chi connectivity index (χ0v) is 15.7. The number of carbonyl (C=O) groups is 1. The Labute approximate surface area is 160 Å². The van der Waals surface area contributed by atoms with Gasteiger partial charge in [-0.2, -0.15) is 0 Å². The highest BCUT2D eigenvalue weighted by Crippen LogP contribution is 2.47. The summed E-state index contributed by atoms with van der Waals surface area (Å²) in [4.78, 5) is 21.0. The minimum Gasteiger partial charge on any atom is -0.356 e.